The number of nitriles is 1. The highest BCUT2D eigenvalue weighted by Crippen LogP contribution is 2.22. The molecule has 1 aliphatic rings. The van der Waals surface area contributed by atoms with Gasteiger partial charge in [-0.25, -0.2) is 4.79 Å². The lowest BCUT2D eigenvalue weighted by Crippen LogP contribution is -2.42. The summed E-state index contributed by atoms with van der Waals surface area (Å²) in [5.74, 6) is 0. The first-order chi connectivity index (χ1) is 10.4. The van der Waals surface area contributed by atoms with Crippen molar-refractivity contribution in [2.24, 2.45) is 0 Å². The molecule has 1 saturated heterocycles. The molecule has 1 aromatic carbocycles. The molecule has 2 atom stereocenters. The van der Waals surface area contributed by atoms with Crippen LogP contribution in [-0.2, 0) is 0 Å². The summed E-state index contributed by atoms with van der Waals surface area (Å²) in [5.41, 5.74) is 0.820. The lowest BCUT2D eigenvalue weighted by atomic mass is 9.98. The van der Waals surface area contributed by atoms with Gasteiger partial charge in [0.25, 0.3) is 0 Å². The van der Waals surface area contributed by atoms with Gasteiger partial charge in [0.15, 0.2) is 0 Å². The molecule has 0 bridgehead atoms. The molecule has 22 heavy (non-hydrogen) atoms. The van der Waals surface area contributed by atoms with Gasteiger partial charge in [-0.2, -0.15) is 5.26 Å². The minimum atomic E-state index is -0.679. The van der Waals surface area contributed by atoms with Crippen molar-refractivity contribution < 1.29 is 9.90 Å². The van der Waals surface area contributed by atoms with Crippen molar-refractivity contribution in [2.45, 2.75) is 44.8 Å². The number of amides is 2. The number of carbonyl (C=O) groups is 1. The lowest BCUT2D eigenvalue weighted by Gasteiger charge is -2.25. The molecular weight excluding hydrogens is 278 g/mol. The summed E-state index contributed by atoms with van der Waals surface area (Å²) in [6.07, 6.45) is 2.12. The number of urea groups is 1. The molecular formula is C17H23N3O2. The summed E-state index contributed by atoms with van der Waals surface area (Å²) in [4.78, 5) is 14.1. The number of nitrogens with one attached hydrogen (secondary N) is 1. The van der Waals surface area contributed by atoms with Crippen LogP contribution in [0.5, 0.6) is 0 Å². The molecule has 0 saturated carbocycles. The SMILES string of the molecule is CC(NC(=O)N1CCCC(C)(O)CC1)c1cccc(C#N)c1. The Bertz CT molecular complexity index is 578. The highest BCUT2D eigenvalue weighted by atomic mass is 16.3. The van der Waals surface area contributed by atoms with Crippen molar-refractivity contribution in [3.05, 3.63) is 35.4 Å². The molecule has 0 aromatic heterocycles. The smallest absolute Gasteiger partial charge is 0.317 e. The van der Waals surface area contributed by atoms with E-state index < -0.39 is 5.60 Å². The van der Waals surface area contributed by atoms with E-state index in [1.165, 1.54) is 0 Å². The normalized spacial score (nSPS) is 23.3. The second kappa shape index (κ2) is 6.80. The van der Waals surface area contributed by atoms with E-state index in [0.29, 0.717) is 25.1 Å². The predicted octanol–water partition coefficient (Wildman–Crippen LogP) is 2.57. The highest BCUT2D eigenvalue weighted by molar-refractivity contribution is 5.74. The lowest BCUT2D eigenvalue weighted by molar-refractivity contribution is 0.0456. The summed E-state index contributed by atoms with van der Waals surface area (Å²) in [6, 6.07) is 9.08. The molecule has 0 aliphatic carbocycles. The van der Waals surface area contributed by atoms with Crippen molar-refractivity contribution >= 4 is 6.03 Å². The number of carbonyl (C=O) groups excluding carboxylic acids is 1. The van der Waals surface area contributed by atoms with Crippen LogP contribution >= 0.6 is 0 Å². The largest absolute Gasteiger partial charge is 0.390 e. The molecule has 0 radical (unpaired) electrons. The van der Waals surface area contributed by atoms with Crippen LogP contribution in [0.1, 0.15) is 50.3 Å². The monoisotopic (exact) mass is 301 g/mol. The standard InChI is InChI=1S/C17H23N3O2/c1-13(15-6-3-5-14(11-15)12-18)19-16(21)20-9-4-7-17(2,22)8-10-20/h3,5-6,11,13,22H,4,7-10H2,1-2H3,(H,19,21). The van der Waals surface area contributed by atoms with Crippen LogP contribution in [0.4, 0.5) is 4.79 Å². The summed E-state index contributed by atoms with van der Waals surface area (Å²) in [7, 11) is 0. The van der Waals surface area contributed by atoms with E-state index in [0.717, 1.165) is 18.4 Å². The van der Waals surface area contributed by atoms with Crippen molar-refractivity contribution in [1.29, 1.82) is 5.26 Å². The van der Waals surface area contributed by atoms with E-state index in [4.69, 9.17) is 5.26 Å². The zero-order valence-electron chi connectivity index (χ0n) is 13.2. The second-order valence-corrected chi connectivity index (χ2v) is 6.25. The Hall–Kier alpha value is -2.06. The van der Waals surface area contributed by atoms with Crippen LogP contribution in [0.15, 0.2) is 24.3 Å². The summed E-state index contributed by atoms with van der Waals surface area (Å²) in [6.45, 7) is 4.95. The van der Waals surface area contributed by atoms with Crippen molar-refractivity contribution in [1.82, 2.24) is 10.2 Å². The van der Waals surface area contributed by atoms with Crippen LogP contribution in [0.2, 0.25) is 0 Å². The van der Waals surface area contributed by atoms with Crippen LogP contribution in [0.25, 0.3) is 0 Å². The zero-order valence-corrected chi connectivity index (χ0v) is 13.2. The first-order valence-electron chi connectivity index (χ1n) is 7.69. The van der Waals surface area contributed by atoms with Gasteiger partial charge in [-0.15, -0.1) is 0 Å². The molecule has 5 nitrogen and oxygen atoms in total. The minimum Gasteiger partial charge on any atom is -0.390 e. The first-order valence-corrected chi connectivity index (χ1v) is 7.69. The Morgan fingerprint density at radius 1 is 1.45 bits per heavy atom. The maximum Gasteiger partial charge on any atom is 0.317 e. The van der Waals surface area contributed by atoms with Gasteiger partial charge in [0.1, 0.15) is 0 Å². The minimum absolute atomic E-state index is 0.118. The van der Waals surface area contributed by atoms with Gasteiger partial charge >= 0.3 is 6.03 Å². The average Bonchev–Trinajstić information content (AvgIpc) is 2.68. The van der Waals surface area contributed by atoms with Gasteiger partial charge < -0.3 is 15.3 Å². The average molecular weight is 301 g/mol. The van der Waals surface area contributed by atoms with Crippen LogP contribution < -0.4 is 5.32 Å². The molecule has 118 valence electrons. The Labute approximate surface area is 131 Å². The van der Waals surface area contributed by atoms with Crippen molar-refractivity contribution in [3.63, 3.8) is 0 Å². The molecule has 2 unspecified atom stereocenters. The van der Waals surface area contributed by atoms with Crippen molar-refractivity contribution in [3.8, 4) is 6.07 Å². The molecule has 5 heteroatoms. The first kappa shape index (κ1) is 16.3. The van der Waals surface area contributed by atoms with E-state index in [9.17, 15) is 9.90 Å². The van der Waals surface area contributed by atoms with Crippen LogP contribution in [0.3, 0.4) is 0 Å². The highest BCUT2D eigenvalue weighted by Gasteiger charge is 2.27. The maximum atomic E-state index is 12.4. The Kier molecular flexibility index (Phi) is 5.04. The van der Waals surface area contributed by atoms with Gasteiger partial charge in [-0.3, -0.25) is 0 Å². The Morgan fingerprint density at radius 3 is 2.95 bits per heavy atom. The van der Waals surface area contributed by atoms with E-state index in [-0.39, 0.29) is 12.1 Å². The number of benzene rings is 1. The molecule has 0 spiro atoms. The maximum absolute atomic E-state index is 12.4. The predicted molar refractivity (Wildman–Crippen MR) is 84.2 cm³/mol. The van der Waals surface area contributed by atoms with Gasteiger partial charge in [-0.1, -0.05) is 12.1 Å². The zero-order chi connectivity index (χ0) is 16.2. The molecule has 2 N–H and O–H groups in total. The van der Waals surface area contributed by atoms with Gasteiger partial charge in [-0.05, 0) is 50.8 Å². The van der Waals surface area contributed by atoms with Gasteiger partial charge in [0.2, 0.25) is 0 Å². The molecule has 1 fully saturated rings. The van der Waals surface area contributed by atoms with Gasteiger partial charge in [0, 0.05) is 13.1 Å². The molecule has 2 rings (SSSR count). The van der Waals surface area contributed by atoms with Crippen LogP contribution in [0, 0.1) is 11.3 Å². The fraction of sp³-hybridized carbons (Fsp3) is 0.529. The number of nitrogens with zero attached hydrogens (tertiary/aromatic N) is 2. The number of aliphatic hydroxyl groups is 1. The van der Waals surface area contributed by atoms with Crippen molar-refractivity contribution in [2.75, 3.05) is 13.1 Å². The molecule has 1 heterocycles. The quantitative estimate of drug-likeness (QED) is 0.881. The number of hydrogen-bond acceptors (Lipinski definition) is 3. The van der Waals surface area contributed by atoms with E-state index in [1.807, 2.05) is 26.0 Å². The summed E-state index contributed by atoms with van der Waals surface area (Å²) >= 11 is 0. The fourth-order valence-corrected chi connectivity index (χ4v) is 2.70. The number of rotatable bonds is 2. The Morgan fingerprint density at radius 2 is 2.23 bits per heavy atom. The number of likely N-dealkylation sites (tertiary alicyclic amines) is 1. The van der Waals surface area contributed by atoms with E-state index in [2.05, 4.69) is 11.4 Å². The third-order valence-corrected chi connectivity index (χ3v) is 4.21. The van der Waals surface area contributed by atoms with Gasteiger partial charge in [0.05, 0.1) is 23.3 Å². The third kappa shape index (κ3) is 4.22. The summed E-state index contributed by atoms with van der Waals surface area (Å²) < 4.78 is 0. The van der Waals surface area contributed by atoms with Crippen LogP contribution in [-0.4, -0.2) is 34.7 Å². The summed E-state index contributed by atoms with van der Waals surface area (Å²) in [5, 5.41) is 22.0. The third-order valence-electron chi connectivity index (χ3n) is 4.21. The second-order valence-electron chi connectivity index (χ2n) is 6.25. The van der Waals surface area contributed by atoms with E-state index in [1.54, 1.807) is 17.0 Å². The molecule has 2 amide bonds. The number of hydrogen-bond donors (Lipinski definition) is 2. The van der Waals surface area contributed by atoms with E-state index >= 15 is 0 Å². The molecule has 1 aromatic rings. The Balaban J connectivity index is 1.97. The molecule has 1 aliphatic heterocycles. The topological polar surface area (TPSA) is 76.4 Å². The fourth-order valence-electron chi connectivity index (χ4n) is 2.70.